The molecule has 0 aliphatic carbocycles. The summed E-state index contributed by atoms with van der Waals surface area (Å²) >= 11 is 12.6. The summed E-state index contributed by atoms with van der Waals surface area (Å²) in [6.45, 7) is 8.57. The molecule has 1 aliphatic heterocycles. The van der Waals surface area contributed by atoms with Crippen LogP contribution in [0.1, 0.15) is 86.7 Å². The molecule has 9 nitrogen and oxygen atoms in total. The van der Waals surface area contributed by atoms with Gasteiger partial charge in [-0.25, -0.2) is 0 Å². The van der Waals surface area contributed by atoms with Crippen LogP contribution in [0.15, 0.2) is 47.5 Å². The molecule has 2 N–H and O–H groups in total. The molecule has 3 unspecified atom stereocenters. The normalized spacial score (nSPS) is 18.7. The summed E-state index contributed by atoms with van der Waals surface area (Å²) < 4.78 is 0. The first-order valence-corrected chi connectivity index (χ1v) is 13.9. The maximum Gasteiger partial charge on any atom is 0.275 e. The first-order chi connectivity index (χ1) is 18.7. The predicted octanol–water partition coefficient (Wildman–Crippen LogP) is 5.76. The molecule has 39 heavy (non-hydrogen) atoms. The number of aliphatic imine (C=N–C) groups is 1. The van der Waals surface area contributed by atoms with Crippen LogP contribution >= 0.6 is 23.2 Å². The SMILES string of the molecule is CCCC(c1ccc(C(=O)NCc2nn[nH]n2)cc1)N1C(=O)C(c2cc(Cl)cc(Cl)c2)=NC1(C)C(C)CCC. The Morgan fingerprint density at radius 3 is 2.33 bits per heavy atom. The number of hydrogen-bond donors (Lipinski definition) is 2. The van der Waals surface area contributed by atoms with Gasteiger partial charge < -0.3 is 10.2 Å². The number of H-pyrrole nitrogens is 1. The maximum absolute atomic E-state index is 14.1. The van der Waals surface area contributed by atoms with E-state index in [2.05, 4.69) is 46.7 Å². The smallest absolute Gasteiger partial charge is 0.275 e. The van der Waals surface area contributed by atoms with Crippen LogP contribution in [-0.4, -0.2) is 48.7 Å². The Hall–Kier alpha value is -3.30. The van der Waals surface area contributed by atoms with Gasteiger partial charge in [-0.2, -0.15) is 5.21 Å². The lowest BCUT2D eigenvalue weighted by atomic mass is 9.88. The van der Waals surface area contributed by atoms with E-state index in [1.54, 1.807) is 30.3 Å². The molecule has 2 amide bonds. The van der Waals surface area contributed by atoms with Crippen LogP contribution in [0.3, 0.4) is 0 Å². The van der Waals surface area contributed by atoms with Crippen molar-refractivity contribution < 1.29 is 9.59 Å². The molecular formula is C28H33Cl2N7O2. The fraction of sp³-hybridized carbons (Fsp3) is 0.429. The lowest BCUT2D eigenvalue weighted by Gasteiger charge is -2.43. The monoisotopic (exact) mass is 569 g/mol. The highest BCUT2D eigenvalue weighted by Crippen LogP contribution is 2.43. The third-order valence-corrected chi connectivity index (χ3v) is 7.70. The van der Waals surface area contributed by atoms with Crippen LogP contribution in [0.5, 0.6) is 0 Å². The Balaban J connectivity index is 1.66. The number of tetrazole rings is 1. The molecule has 2 heterocycles. The second kappa shape index (κ2) is 12.3. The molecule has 11 heteroatoms. The number of carbonyl (C=O) groups is 2. The molecule has 0 saturated heterocycles. The van der Waals surface area contributed by atoms with E-state index in [0.29, 0.717) is 32.7 Å². The van der Waals surface area contributed by atoms with E-state index in [0.717, 1.165) is 31.2 Å². The van der Waals surface area contributed by atoms with Crippen molar-refractivity contribution >= 4 is 40.7 Å². The second-order valence-corrected chi connectivity index (χ2v) is 10.9. The van der Waals surface area contributed by atoms with Gasteiger partial charge in [-0.15, -0.1) is 10.2 Å². The van der Waals surface area contributed by atoms with Crippen LogP contribution in [0.2, 0.25) is 10.0 Å². The van der Waals surface area contributed by atoms with Gasteiger partial charge in [-0.3, -0.25) is 14.6 Å². The van der Waals surface area contributed by atoms with E-state index in [4.69, 9.17) is 28.2 Å². The summed E-state index contributed by atoms with van der Waals surface area (Å²) in [7, 11) is 0. The molecule has 0 spiro atoms. The molecule has 0 saturated carbocycles. The molecular weight excluding hydrogens is 537 g/mol. The van der Waals surface area contributed by atoms with Crippen molar-refractivity contribution in [1.82, 2.24) is 30.8 Å². The van der Waals surface area contributed by atoms with Gasteiger partial charge in [0, 0.05) is 21.2 Å². The molecule has 0 bridgehead atoms. The van der Waals surface area contributed by atoms with Gasteiger partial charge in [0.15, 0.2) is 5.82 Å². The summed E-state index contributed by atoms with van der Waals surface area (Å²) in [5.74, 6) is 0.0978. The summed E-state index contributed by atoms with van der Waals surface area (Å²) in [4.78, 5) is 33.8. The molecule has 1 aromatic heterocycles. The average Bonchev–Trinajstić information content (AvgIpc) is 3.52. The highest BCUT2D eigenvalue weighted by Gasteiger charge is 2.50. The summed E-state index contributed by atoms with van der Waals surface area (Å²) in [6.07, 6.45) is 3.48. The molecule has 206 valence electrons. The molecule has 4 rings (SSSR count). The minimum absolute atomic E-state index is 0.105. The number of benzene rings is 2. The van der Waals surface area contributed by atoms with E-state index in [1.807, 2.05) is 24.0 Å². The van der Waals surface area contributed by atoms with Crippen molar-refractivity contribution in [3.63, 3.8) is 0 Å². The quantitative estimate of drug-likeness (QED) is 0.304. The Labute approximate surface area is 238 Å². The van der Waals surface area contributed by atoms with E-state index < -0.39 is 5.66 Å². The fourth-order valence-electron chi connectivity index (χ4n) is 5.13. The Kier molecular flexibility index (Phi) is 9.02. The van der Waals surface area contributed by atoms with Gasteiger partial charge in [0.25, 0.3) is 11.8 Å². The van der Waals surface area contributed by atoms with Crippen LogP contribution in [0, 0.1) is 5.92 Å². The zero-order chi connectivity index (χ0) is 28.2. The summed E-state index contributed by atoms with van der Waals surface area (Å²) in [5, 5.41) is 17.2. The molecule has 2 aromatic carbocycles. The number of amides is 2. The number of nitrogens with zero attached hydrogens (tertiary/aromatic N) is 5. The van der Waals surface area contributed by atoms with Gasteiger partial charge in [-0.05, 0) is 61.6 Å². The maximum atomic E-state index is 14.1. The van der Waals surface area contributed by atoms with Crippen LogP contribution < -0.4 is 5.32 Å². The number of hydrogen-bond acceptors (Lipinski definition) is 6. The number of rotatable bonds is 11. The standard InChI is InChI=1S/C28H33Cl2N7O2/c1-5-7-17(3)28(4)32-25(20-13-21(29)15-22(30)14-20)27(39)37(28)23(8-6-2)18-9-11-19(12-10-18)26(38)31-16-24-33-35-36-34-24/h9-15,17,23H,5-8,16H2,1-4H3,(H,31,38)(H,33,34,35,36). The molecule has 3 aromatic rings. The molecule has 1 aliphatic rings. The van der Waals surface area contributed by atoms with Gasteiger partial charge in [0.1, 0.15) is 11.4 Å². The van der Waals surface area contributed by atoms with Crippen LogP contribution in [0.25, 0.3) is 0 Å². The third kappa shape index (κ3) is 6.15. The van der Waals surface area contributed by atoms with Gasteiger partial charge in [0.05, 0.1) is 12.6 Å². The van der Waals surface area contributed by atoms with E-state index >= 15 is 0 Å². The van der Waals surface area contributed by atoms with Crippen molar-refractivity contribution in [1.29, 1.82) is 0 Å². The number of aromatic nitrogens is 4. The van der Waals surface area contributed by atoms with Gasteiger partial charge in [0.2, 0.25) is 0 Å². The minimum atomic E-state index is -0.766. The Morgan fingerprint density at radius 2 is 1.74 bits per heavy atom. The van der Waals surface area contributed by atoms with Crippen LogP contribution in [0.4, 0.5) is 0 Å². The summed E-state index contributed by atoms with van der Waals surface area (Å²) in [5.41, 5.74) is 1.65. The van der Waals surface area contributed by atoms with Crippen molar-refractivity contribution in [3.05, 3.63) is 75.0 Å². The van der Waals surface area contributed by atoms with E-state index in [-0.39, 0.29) is 30.3 Å². The zero-order valence-electron chi connectivity index (χ0n) is 22.5. The molecule has 0 fully saturated rings. The second-order valence-electron chi connectivity index (χ2n) is 10.0. The zero-order valence-corrected chi connectivity index (χ0v) is 24.1. The summed E-state index contributed by atoms with van der Waals surface area (Å²) in [6, 6.07) is 12.2. The van der Waals surface area contributed by atoms with Crippen LogP contribution in [-0.2, 0) is 11.3 Å². The predicted molar refractivity (Wildman–Crippen MR) is 152 cm³/mol. The third-order valence-electron chi connectivity index (χ3n) is 7.27. The number of carbonyl (C=O) groups excluding carboxylic acids is 2. The van der Waals surface area contributed by atoms with E-state index in [9.17, 15) is 9.59 Å². The van der Waals surface area contributed by atoms with Crippen molar-refractivity contribution in [2.45, 2.75) is 71.6 Å². The lowest BCUT2D eigenvalue weighted by molar-refractivity contribution is -0.133. The first kappa shape index (κ1) is 28.7. The van der Waals surface area contributed by atoms with Crippen molar-refractivity contribution in [2.24, 2.45) is 10.9 Å². The largest absolute Gasteiger partial charge is 0.345 e. The van der Waals surface area contributed by atoms with Gasteiger partial charge in [-0.1, -0.05) is 74.2 Å². The molecule has 3 atom stereocenters. The Morgan fingerprint density at radius 1 is 1.08 bits per heavy atom. The highest BCUT2D eigenvalue weighted by molar-refractivity contribution is 6.47. The lowest BCUT2D eigenvalue weighted by Crippen LogP contribution is -2.50. The number of nitrogens with one attached hydrogen (secondary N) is 2. The van der Waals surface area contributed by atoms with Crippen molar-refractivity contribution in [3.8, 4) is 0 Å². The topological polar surface area (TPSA) is 116 Å². The minimum Gasteiger partial charge on any atom is -0.345 e. The Bertz CT molecular complexity index is 1320. The van der Waals surface area contributed by atoms with Gasteiger partial charge >= 0.3 is 0 Å². The first-order valence-electron chi connectivity index (χ1n) is 13.2. The number of aromatic amines is 1. The average molecular weight is 571 g/mol. The number of halogens is 2. The fourth-order valence-corrected chi connectivity index (χ4v) is 5.66. The van der Waals surface area contributed by atoms with E-state index in [1.165, 1.54) is 0 Å². The highest BCUT2D eigenvalue weighted by atomic mass is 35.5. The van der Waals surface area contributed by atoms with Crippen molar-refractivity contribution in [2.75, 3.05) is 0 Å². The molecule has 0 radical (unpaired) electrons.